The summed E-state index contributed by atoms with van der Waals surface area (Å²) in [5, 5.41) is 6.02. The maximum absolute atomic E-state index is 12.2. The number of benzene rings is 2. The minimum Gasteiger partial charge on any atom is -0.340 e. The standard InChI is InChI=1S/C22H21N3O2/c1-15-4-3-5-17(12-15)13-22(27)25-20-10-11-21(23-14-20)24-19-8-6-18(7-9-19)16(2)26/h3-12,14H,13H2,1-2H3,(H,23,24)(H,25,27). The zero-order valence-electron chi connectivity index (χ0n) is 15.3. The van der Waals surface area contributed by atoms with Gasteiger partial charge in [-0.1, -0.05) is 29.8 Å². The van der Waals surface area contributed by atoms with E-state index < -0.39 is 0 Å². The quantitative estimate of drug-likeness (QED) is 0.635. The van der Waals surface area contributed by atoms with Gasteiger partial charge in [0.25, 0.3) is 0 Å². The topological polar surface area (TPSA) is 71.1 Å². The summed E-state index contributed by atoms with van der Waals surface area (Å²) in [7, 11) is 0. The van der Waals surface area contributed by atoms with Crippen molar-refractivity contribution in [3.8, 4) is 0 Å². The lowest BCUT2D eigenvalue weighted by molar-refractivity contribution is -0.115. The summed E-state index contributed by atoms with van der Waals surface area (Å²) in [6, 6.07) is 18.7. The molecule has 136 valence electrons. The first kappa shape index (κ1) is 18.3. The van der Waals surface area contributed by atoms with Crippen LogP contribution < -0.4 is 10.6 Å². The van der Waals surface area contributed by atoms with Crippen molar-refractivity contribution in [1.29, 1.82) is 0 Å². The molecule has 1 heterocycles. The second-order valence-corrected chi connectivity index (χ2v) is 6.40. The van der Waals surface area contributed by atoms with E-state index in [1.165, 1.54) is 6.92 Å². The van der Waals surface area contributed by atoms with Crippen LogP contribution in [-0.2, 0) is 11.2 Å². The maximum atomic E-state index is 12.2. The Morgan fingerprint density at radius 3 is 2.33 bits per heavy atom. The van der Waals surface area contributed by atoms with Crippen LogP contribution >= 0.6 is 0 Å². The number of hydrogen-bond acceptors (Lipinski definition) is 4. The average molecular weight is 359 g/mol. The molecule has 0 aliphatic carbocycles. The molecule has 0 saturated heterocycles. The minimum atomic E-state index is -0.0806. The number of carbonyl (C=O) groups excluding carboxylic acids is 2. The Morgan fingerprint density at radius 2 is 1.70 bits per heavy atom. The van der Waals surface area contributed by atoms with Crippen molar-refractivity contribution < 1.29 is 9.59 Å². The van der Waals surface area contributed by atoms with Crippen molar-refractivity contribution >= 4 is 28.9 Å². The van der Waals surface area contributed by atoms with Gasteiger partial charge in [0, 0.05) is 11.3 Å². The van der Waals surface area contributed by atoms with Crippen molar-refractivity contribution in [3.05, 3.63) is 83.6 Å². The van der Waals surface area contributed by atoms with Gasteiger partial charge in [0.1, 0.15) is 5.82 Å². The molecule has 0 unspecified atom stereocenters. The fourth-order valence-electron chi connectivity index (χ4n) is 2.69. The van der Waals surface area contributed by atoms with E-state index in [1.54, 1.807) is 30.5 Å². The Balaban J connectivity index is 1.58. The predicted octanol–water partition coefficient (Wildman–Crippen LogP) is 4.52. The number of pyridine rings is 1. The van der Waals surface area contributed by atoms with Gasteiger partial charge in [0.2, 0.25) is 5.91 Å². The lowest BCUT2D eigenvalue weighted by atomic mass is 10.1. The molecule has 0 saturated carbocycles. The smallest absolute Gasteiger partial charge is 0.228 e. The lowest BCUT2D eigenvalue weighted by Crippen LogP contribution is -2.14. The number of carbonyl (C=O) groups is 2. The van der Waals surface area contributed by atoms with Crippen LogP contribution in [0.2, 0.25) is 0 Å². The summed E-state index contributed by atoms with van der Waals surface area (Å²) in [6.07, 6.45) is 1.94. The zero-order valence-corrected chi connectivity index (χ0v) is 15.3. The van der Waals surface area contributed by atoms with Gasteiger partial charge in [-0.2, -0.15) is 0 Å². The molecule has 0 aliphatic rings. The largest absolute Gasteiger partial charge is 0.340 e. The van der Waals surface area contributed by atoms with E-state index >= 15 is 0 Å². The number of aromatic nitrogens is 1. The molecule has 5 nitrogen and oxygen atoms in total. The highest BCUT2D eigenvalue weighted by Crippen LogP contribution is 2.17. The first-order valence-electron chi connectivity index (χ1n) is 8.69. The Morgan fingerprint density at radius 1 is 0.963 bits per heavy atom. The molecular formula is C22H21N3O2. The van der Waals surface area contributed by atoms with Crippen molar-refractivity contribution in [1.82, 2.24) is 4.98 Å². The summed E-state index contributed by atoms with van der Waals surface area (Å²) in [6.45, 7) is 3.54. The van der Waals surface area contributed by atoms with Crippen molar-refractivity contribution in [2.24, 2.45) is 0 Å². The molecule has 1 aromatic heterocycles. The third-order valence-corrected chi connectivity index (χ3v) is 4.06. The summed E-state index contributed by atoms with van der Waals surface area (Å²) < 4.78 is 0. The molecule has 3 aromatic rings. The van der Waals surface area contributed by atoms with Crippen molar-refractivity contribution in [2.45, 2.75) is 20.3 Å². The van der Waals surface area contributed by atoms with Crippen LogP contribution in [0.1, 0.15) is 28.4 Å². The van der Waals surface area contributed by atoms with Gasteiger partial charge in [0.05, 0.1) is 18.3 Å². The van der Waals surface area contributed by atoms with Crippen LogP contribution in [0, 0.1) is 6.92 Å². The molecule has 2 aromatic carbocycles. The molecule has 27 heavy (non-hydrogen) atoms. The molecule has 0 radical (unpaired) electrons. The van der Waals surface area contributed by atoms with Gasteiger partial charge in [0.15, 0.2) is 5.78 Å². The second-order valence-electron chi connectivity index (χ2n) is 6.40. The van der Waals surface area contributed by atoms with Crippen LogP contribution in [-0.4, -0.2) is 16.7 Å². The van der Waals surface area contributed by atoms with E-state index in [1.807, 2.05) is 43.3 Å². The van der Waals surface area contributed by atoms with E-state index in [2.05, 4.69) is 15.6 Å². The number of nitrogens with one attached hydrogen (secondary N) is 2. The van der Waals surface area contributed by atoms with E-state index in [0.29, 0.717) is 23.5 Å². The summed E-state index contributed by atoms with van der Waals surface area (Å²) in [4.78, 5) is 27.8. The monoisotopic (exact) mass is 359 g/mol. The normalized spacial score (nSPS) is 10.3. The highest BCUT2D eigenvalue weighted by atomic mass is 16.1. The molecule has 0 spiro atoms. The predicted molar refractivity (Wildman–Crippen MR) is 107 cm³/mol. The third kappa shape index (κ3) is 5.25. The fraction of sp³-hybridized carbons (Fsp3) is 0.136. The number of Topliss-reactive ketones (excluding diaryl/α,β-unsaturated/α-hetero) is 1. The van der Waals surface area contributed by atoms with Gasteiger partial charge in [-0.3, -0.25) is 9.59 Å². The number of anilines is 3. The van der Waals surface area contributed by atoms with Gasteiger partial charge in [-0.05, 0) is 55.8 Å². The molecule has 0 atom stereocenters. The van der Waals surface area contributed by atoms with E-state index in [-0.39, 0.29) is 11.7 Å². The Hall–Kier alpha value is -3.47. The minimum absolute atomic E-state index is 0.0328. The summed E-state index contributed by atoms with van der Waals surface area (Å²) >= 11 is 0. The van der Waals surface area contributed by atoms with Gasteiger partial charge in [-0.25, -0.2) is 4.98 Å². The van der Waals surface area contributed by atoms with Crippen LogP contribution in [0.15, 0.2) is 66.9 Å². The molecular weight excluding hydrogens is 338 g/mol. The van der Waals surface area contributed by atoms with E-state index in [4.69, 9.17) is 0 Å². The highest BCUT2D eigenvalue weighted by molar-refractivity contribution is 5.94. The van der Waals surface area contributed by atoms with Crippen LogP contribution in [0.3, 0.4) is 0 Å². The number of rotatable bonds is 6. The Labute approximate surface area is 158 Å². The van der Waals surface area contributed by atoms with Gasteiger partial charge in [-0.15, -0.1) is 0 Å². The molecule has 0 bridgehead atoms. The highest BCUT2D eigenvalue weighted by Gasteiger charge is 2.05. The molecule has 5 heteroatoms. The van der Waals surface area contributed by atoms with Crippen molar-refractivity contribution in [3.63, 3.8) is 0 Å². The number of ketones is 1. The zero-order chi connectivity index (χ0) is 19.2. The van der Waals surface area contributed by atoms with E-state index in [9.17, 15) is 9.59 Å². The number of hydrogen-bond donors (Lipinski definition) is 2. The first-order valence-corrected chi connectivity index (χ1v) is 8.69. The van der Waals surface area contributed by atoms with Crippen molar-refractivity contribution in [2.75, 3.05) is 10.6 Å². The second kappa shape index (κ2) is 8.27. The third-order valence-electron chi connectivity index (χ3n) is 4.06. The Kier molecular flexibility index (Phi) is 5.61. The summed E-state index contributed by atoms with van der Waals surface area (Å²) in [5.41, 5.74) is 4.26. The van der Waals surface area contributed by atoms with Gasteiger partial charge >= 0.3 is 0 Å². The maximum Gasteiger partial charge on any atom is 0.228 e. The average Bonchev–Trinajstić information content (AvgIpc) is 2.64. The molecule has 2 N–H and O–H groups in total. The number of aryl methyl sites for hydroxylation is 1. The fourth-order valence-corrected chi connectivity index (χ4v) is 2.69. The lowest BCUT2D eigenvalue weighted by Gasteiger charge is -2.08. The Bertz CT molecular complexity index is 948. The molecule has 1 amide bonds. The number of nitrogens with zero attached hydrogens (tertiary/aromatic N) is 1. The SMILES string of the molecule is CC(=O)c1ccc(Nc2ccc(NC(=O)Cc3cccc(C)c3)cn2)cc1. The first-order chi connectivity index (χ1) is 13.0. The molecule has 0 aliphatic heterocycles. The van der Waals surface area contributed by atoms with Crippen LogP contribution in [0.4, 0.5) is 17.2 Å². The van der Waals surface area contributed by atoms with Gasteiger partial charge < -0.3 is 10.6 Å². The van der Waals surface area contributed by atoms with Crippen LogP contribution in [0.5, 0.6) is 0 Å². The molecule has 0 fully saturated rings. The number of amides is 1. The van der Waals surface area contributed by atoms with Crippen LogP contribution in [0.25, 0.3) is 0 Å². The van der Waals surface area contributed by atoms with E-state index in [0.717, 1.165) is 16.8 Å². The summed E-state index contributed by atoms with van der Waals surface area (Å²) in [5.74, 6) is 0.607. The molecule has 3 rings (SSSR count).